The summed E-state index contributed by atoms with van der Waals surface area (Å²) in [6.07, 6.45) is 1.29. The van der Waals surface area contributed by atoms with Crippen LogP contribution in [0.4, 0.5) is 0 Å². The van der Waals surface area contributed by atoms with Gasteiger partial charge in [0.05, 0.1) is 6.61 Å². The summed E-state index contributed by atoms with van der Waals surface area (Å²) in [5.41, 5.74) is 0. The van der Waals surface area contributed by atoms with Crippen LogP contribution < -0.4 is 0 Å². The Morgan fingerprint density at radius 2 is 2.13 bits per heavy atom. The van der Waals surface area contributed by atoms with Crippen LogP contribution in [0.15, 0.2) is 0 Å². The lowest BCUT2D eigenvalue weighted by Crippen LogP contribution is -2.17. The van der Waals surface area contributed by atoms with Crippen molar-refractivity contribution in [2.45, 2.75) is 26.7 Å². The lowest BCUT2D eigenvalue weighted by molar-refractivity contribution is -0.140. The molecule has 0 saturated carbocycles. The minimum Gasteiger partial charge on any atom is -0.465 e. The number of aliphatic hydroxyl groups is 1. The van der Waals surface area contributed by atoms with Gasteiger partial charge in [0.25, 0.3) is 0 Å². The van der Waals surface area contributed by atoms with Crippen molar-refractivity contribution >= 4 is 16.8 Å². The Balaban J connectivity index is 3.51. The van der Waals surface area contributed by atoms with Gasteiger partial charge in [0.15, 0.2) is 0 Å². The Morgan fingerprint density at radius 3 is 2.67 bits per heavy atom. The minimum absolute atomic E-state index is 0.00807. The second-order valence-corrected chi connectivity index (χ2v) is 5.35. The fourth-order valence-electron chi connectivity index (χ4n) is 0.879. The van der Waals surface area contributed by atoms with E-state index in [4.69, 9.17) is 9.84 Å². The van der Waals surface area contributed by atoms with Gasteiger partial charge in [-0.15, -0.1) is 0 Å². The molecule has 0 spiro atoms. The number of ether oxygens (including phenoxy) is 1. The lowest BCUT2D eigenvalue weighted by Gasteiger charge is -2.06. The summed E-state index contributed by atoms with van der Waals surface area (Å²) in [5.74, 6) is 0.387. The lowest BCUT2D eigenvalue weighted by atomic mass is 10.1. The molecule has 0 aliphatic rings. The Bertz CT molecular complexity index is 204. The number of aliphatic hydroxyl groups excluding tert-OH is 1. The topological polar surface area (TPSA) is 63.6 Å². The van der Waals surface area contributed by atoms with Crippen LogP contribution in [0, 0.1) is 5.92 Å². The van der Waals surface area contributed by atoms with E-state index in [0.717, 1.165) is 6.42 Å². The molecule has 0 aromatic rings. The van der Waals surface area contributed by atoms with E-state index >= 15 is 0 Å². The zero-order chi connectivity index (χ0) is 11.7. The van der Waals surface area contributed by atoms with Gasteiger partial charge in [-0.25, -0.2) is 0 Å². The van der Waals surface area contributed by atoms with Gasteiger partial charge < -0.3 is 9.84 Å². The van der Waals surface area contributed by atoms with E-state index < -0.39 is 16.8 Å². The maximum Gasteiger partial charge on any atom is 0.318 e. The highest BCUT2D eigenvalue weighted by Gasteiger charge is 2.08. The molecule has 4 nitrogen and oxygen atoms in total. The van der Waals surface area contributed by atoms with E-state index in [9.17, 15) is 9.00 Å². The van der Waals surface area contributed by atoms with Gasteiger partial charge in [-0.3, -0.25) is 9.00 Å². The number of carbonyl (C=O) groups excluding carboxylic acids is 1. The largest absolute Gasteiger partial charge is 0.465 e. The molecule has 0 aliphatic carbocycles. The first-order valence-corrected chi connectivity index (χ1v) is 6.66. The second kappa shape index (κ2) is 8.85. The third kappa shape index (κ3) is 9.87. The molecule has 1 unspecified atom stereocenters. The highest BCUT2D eigenvalue weighted by Crippen LogP contribution is 1.99. The molecule has 0 fully saturated rings. The summed E-state index contributed by atoms with van der Waals surface area (Å²) in [6.45, 7) is 4.50. The molecule has 90 valence electrons. The Morgan fingerprint density at radius 1 is 1.47 bits per heavy atom. The summed E-state index contributed by atoms with van der Waals surface area (Å²) in [5, 5.41) is 8.50. The molecule has 0 heterocycles. The number of hydrogen-bond acceptors (Lipinski definition) is 4. The van der Waals surface area contributed by atoms with Crippen LogP contribution in [0.5, 0.6) is 0 Å². The van der Waals surface area contributed by atoms with E-state index in [2.05, 4.69) is 0 Å². The number of hydrogen-bond donors (Lipinski definition) is 1. The van der Waals surface area contributed by atoms with Crippen LogP contribution in [-0.2, 0) is 20.3 Å². The molecule has 0 aliphatic heterocycles. The van der Waals surface area contributed by atoms with Crippen molar-refractivity contribution in [3.8, 4) is 0 Å². The summed E-state index contributed by atoms with van der Waals surface area (Å²) in [6, 6.07) is 0. The van der Waals surface area contributed by atoms with Crippen LogP contribution in [0.25, 0.3) is 0 Å². The predicted molar refractivity (Wildman–Crippen MR) is 60.0 cm³/mol. The van der Waals surface area contributed by atoms with Crippen LogP contribution in [-0.4, -0.2) is 40.0 Å². The zero-order valence-electron chi connectivity index (χ0n) is 9.40. The first-order valence-electron chi connectivity index (χ1n) is 5.17. The minimum atomic E-state index is -1.20. The van der Waals surface area contributed by atoms with Gasteiger partial charge in [-0.2, -0.15) is 0 Å². The van der Waals surface area contributed by atoms with Crippen LogP contribution >= 0.6 is 0 Å². The summed E-state index contributed by atoms with van der Waals surface area (Å²) in [4.78, 5) is 11.1. The van der Waals surface area contributed by atoms with Gasteiger partial charge in [0.2, 0.25) is 0 Å². The van der Waals surface area contributed by atoms with Crippen molar-refractivity contribution in [3.63, 3.8) is 0 Å². The van der Waals surface area contributed by atoms with Gasteiger partial charge in [-0.1, -0.05) is 13.8 Å². The van der Waals surface area contributed by atoms with E-state index in [1.165, 1.54) is 0 Å². The molecule has 0 bridgehead atoms. The summed E-state index contributed by atoms with van der Waals surface area (Å²) < 4.78 is 16.1. The molecule has 0 radical (unpaired) electrons. The highest BCUT2D eigenvalue weighted by atomic mass is 32.2. The Hall–Kier alpha value is -0.420. The monoisotopic (exact) mass is 236 g/mol. The van der Waals surface area contributed by atoms with Crippen LogP contribution in [0.3, 0.4) is 0 Å². The molecule has 15 heavy (non-hydrogen) atoms. The average molecular weight is 236 g/mol. The van der Waals surface area contributed by atoms with E-state index in [0.29, 0.717) is 24.7 Å². The molecule has 1 N–H and O–H groups in total. The van der Waals surface area contributed by atoms with Crippen LogP contribution in [0.2, 0.25) is 0 Å². The van der Waals surface area contributed by atoms with E-state index in [1.54, 1.807) is 0 Å². The second-order valence-electron chi connectivity index (χ2n) is 3.77. The van der Waals surface area contributed by atoms with Crippen LogP contribution in [0.1, 0.15) is 26.7 Å². The molecular weight excluding hydrogens is 216 g/mol. The number of esters is 1. The summed E-state index contributed by atoms with van der Waals surface area (Å²) >= 11 is 0. The quantitative estimate of drug-likeness (QED) is 0.630. The molecule has 5 heteroatoms. The van der Waals surface area contributed by atoms with Gasteiger partial charge >= 0.3 is 5.97 Å². The molecule has 1 atom stereocenters. The summed E-state index contributed by atoms with van der Waals surface area (Å²) in [7, 11) is -1.20. The predicted octanol–water partition coefficient (Wildman–Crippen LogP) is 0.707. The van der Waals surface area contributed by atoms with Crippen molar-refractivity contribution in [1.29, 1.82) is 0 Å². The smallest absolute Gasteiger partial charge is 0.318 e. The standard InChI is InChI=1S/C10H20O4S/c1-9(2)4-6-14-10(12)8-15(13)7-3-5-11/h9,11H,3-8H2,1-2H3. The SMILES string of the molecule is CC(C)CCOC(=O)CS(=O)CCCO. The Kier molecular flexibility index (Phi) is 8.61. The maximum atomic E-state index is 11.2. The van der Waals surface area contributed by atoms with Gasteiger partial charge in [0, 0.05) is 23.2 Å². The Labute approximate surface area is 93.5 Å². The fourth-order valence-corrected chi connectivity index (χ4v) is 1.82. The van der Waals surface area contributed by atoms with E-state index in [1.807, 2.05) is 13.8 Å². The zero-order valence-corrected chi connectivity index (χ0v) is 10.2. The third-order valence-electron chi connectivity index (χ3n) is 1.77. The van der Waals surface area contributed by atoms with Crippen molar-refractivity contribution < 1.29 is 18.8 Å². The number of rotatable bonds is 8. The normalized spacial score (nSPS) is 12.8. The fraction of sp³-hybridized carbons (Fsp3) is 0.900. The maximum absolute atomic E-state index is 11.2. The van der Waals surface area contributed by atoms with Crippen molar-refractivity contribution in [2.24, 2.45) is 5.92 Å². The first kappa shape index (κ1) is 14.6. The van der Waals surface area contributed by atoms with Gasteiger partial charge in [-0.05, 0) is 18.8 Å². The molecule has 0 saturated heterocycles. The average Bonchev–Trinajstić information content (AvgIpc) is 2.14. The highest BCUT2D eigenvalue weighted by molar-refractivity contribution is 7.85. The molecule has 0 amide bonds. The molecular formula is C10H20O4S. The number of carbonyl (C=O) groups is 1. The van der Waals surface area contributed by atoms with E-state index in [-0.39, 0.29) is 12.4 Å². The third-order valence-corrected chi connectivity index (χ3v) is 3.07. The van der Waals surface area contributed by atoms with Crippen molar-refractivity contribution in [1.82, 2.24) is 0 Å². The molecule has 0 aromatic carbocycles. The molecule has 0 aromatic heterocycles. The van der Waals surface area contributed by atoms with Crippen molar-refractivity contribution in [2.75, 3.05) is 24.7 Å². The first-order chi connectivity index (χ1) is 7.06. The molecule has 0 rings (SSSR count). The van der Waals surface area contributed by atoms with Gasteiger partial charge in [0.1, 0.15) is 5.75 Å². The van der Waals surface area contributed by atoms with Crippen molar-refractivity contribution in [3.05, 3.63) is 0 Å².